The maximum Gasteiger partial charge on any atom is 0.153 e. The van der Waals surface area contributed by atoms with Crippen molar-refractivity contribution in [3.63, 3.8) is 0 Å². The number of nitrogens with one attached hydrogen (secondary N) is 1. The number of aromatic amines is 1. The summed E-state index contributed by atoms with van der Waals surface area (Å²) in [7, 11) is 0. The van der Waals surface area contributed by atoms with Gasteiger partial charge in [-0.3, -0.25) is 5.10 Å². The quantitative estimate of drug-likeness (QED) is 0.706. The normalized spacial score (nSPS) is 11.2. The lowest BCUT2D eigenvalue weighted by Gasteiger charge is -1.96. The van der Waals surface area contributed by atoms with Gasteiger partial charge in [-0.1, -0.05) is 0 Å². The molecule has 0 fully saturated rings. The van der Waals surface area contributed by atoms with Crippen molar-refractivity contribution >= 4 is 5.65 Å². The van der Waals surface area contributed by atoms with Crippen molar-refractivity contribution < 1.29 is 4.39 Å². The Labute approximate surface area is 96.9 Å². The topological polar surface area (TPSA) is 59.1 Å². The number of hydrogen-bond donors (Lipinski definition) is 2. The van der Waals surface area contributed by atoms with Gasteiger partial charge in [-0.05, 0) is 29.8 Å². The summed E-state index contributed by atoms with van der Waals surface area (Å²) in [6.45, 7) is 0.418. The molecule has 2 aromatic heterocycles. The number of H-pyrrole nitrogens is 1. The average Bonchev–Trinajstić information content (AvgIpc) is 2.87. The third-order valence-corrected chi connectivity index (χ3v) is 2.66. The second-order valence-corrected chi connectivity index (χ2v) is 3.84. The SMILES string of the molecule is NCc1cn2[nH]c(-c3ccc(F)cc3)cc2n1. The average molecular weight is 230 g/mol. The zero-order chi connectivity index (χ0) is 11.8. The predicted molar refractivity (Wildman–Crippen MR) is 62.8 cm³/mol. The smallest absolute Gasteiger partial charge is 0.153 e. The third-order valence-electron chi connectivity index (χ3n) is 2.66. The number of fused-ring (bicyclic) bond motifs is 1. The van der Waals surface area contributed by atoms with Gasteiger partial charge in [0.05, 0.1) is 17.6 Å². The van der Waals surface area contributed by atoms with Crippen LogP contribution in [0.2, 0.25) is 0 Å². The van der Waals surface area contributed by atoms with Crippen molar-refractivity contribution in [2.45, 2.75) is 6.54 Å². The third kappa shape index (κ3) is 1.70. The van der Waals surface area contributed by atoms with Gasteiger partial charge in [-0.25, -0.2) is 13.9 Å². The summed E-state index contributed by atoms with van der Waals surface area (Å²) in [5, 5.41) is 3.16. The number of imidazole rings is 1. The van der Waals surface area contributed by atoms with E-state index in [1.54, 1.807) is 16.6 Å². The van der Waals surface area contributed by atoms with E-state index < -0.39 is 0 Å². The van der Waals surface area contributed by atoms with Crippen LogP contribution in [0.1, 0.15) is 5.69 Å². The second-order valence-electron chi connectivity index (χ2n) is 3.84. The number of nitrogens with zero attached hydrogens (tertiary/aromatic N) is 2. The lowest BCUT2D eigenvalue weighted by atomic mass is 10.1. The molecule has 3 rings (SSSR count). The van der Waals surface area contributed by atoms with E-state index in [4.69, 9.17) is 5.73 Å². The molecule has 4 nitrogen and oxygen atoms in total. The minimum Gasteiger partial charge on any atom is -0.325 e. The van der Waals surface area contributed by atoms with Crippen molar-refractivity contribution in [2.75, 3.05) is 0 Å². The number of aromatic nitrogens is 3. The summed E-state index contributed by atoms with van der Waals surface area (Å²) < 4.78 is 14.6. The number of hydrogen-bond acceptors (Lipinski definition) is 2. The molecule has 0 spiro atoms. The fourth-order valence-electron chi connectivity index (χ4n) is 1.80. The van der Waals surface area contributed by atoms with Crippen molar-refractivity contribution in [3.8, 4) is 11.3 Å². The molecule has 17 heavy (non-hydrogen) atoms. The molecule has 0 saturated heterocycles. The van der Waals surface area contributed by atoms with Crippen molar-refractivity contribution in [1.29, 1.82) is 0 Å². The Morgan fingerprint density at radius 3 is 2.71 bits per heavy atom. The number of rotatable bonds is 2. The van der Waals surface area contributed by atoms with E-state index in [9.17, 15) is 4.39 Å². The Morgan fingerprint density at radius 1 is 1.29 bits per heavy atom. The highest BCUT2D eigenvalue weighted by atomic mass is 19.1. The minimum atomic E-state index is -0.240. The van der Waals surface area contributed by atoms with Crippen LogP contribution in [0.25, 0.3) is 16.9 Å². The molecule has 3 aromatic rings. The molecular weight excluding hydrogens is 219 g/mol. The largest absolute Gasteiger partial charge is 0.325 e. The fraction of sp³-hybridized carbons (Fsp3) is 0.0833. The first kappa shape index (κ1) is 10.0. The molecule has 3 N–H and O–H groups in total. The van der Waals surface area contributed by atoms with Gasteiger partial charge in [0, 0.05) is 12.6 Å². The maximum absolute atomic E-state index is 12.8. The fourth-order valence-corrected chi connectivity index (χ4v) is 1.80. The van der Waals surface area contributed by atoms with E-state index in [-0.39, 0.29) is 5.82 Å². The summed E-state index contributed by atoms with van der Waals surface area (Å²) in [5.74, 6) is -0.240. The van der Waals surface area contributed by atoms with Crippen LogP contribution in [-0.4, -0.2) is 14.6 Å². The Balaban J connectivity index is 2.06. The minimum absolute atomic E-state index is 0.240. The Bertz CT molecular complexity index is 619. The van der Waals surface area contributed by atoms with Gasteiger partial charge in [-0.15, -0.1) is 0 Å². The Morgan fingerprint density at radius 2 is 2.06 bits per heavy atom. The standard InChI is InChI=1S/C12H11FN4/c13-9-3-1-8(2-4-9)11-5-12-15-10(6-14)7-17(12)16-11/h1-5,7,16H,6,14H2. The summed E-state index contributed by atoms with van der Waals surface area (Å²) in [6.07, 6.45) is 1.85. The predicted octanol–water partition coefficient (Wildman–Crippen LogP) is 1.93. The highest BCUT2D eigenvalue weighted by Gasteiger charge is 2.06. The molecule has 5 heteroatoms. The van der Waals surface area contributed by atoms with Crippen molar-refractivity contribution in [2.24, 2.45) is 5.73 Å². The molecule has 0 aliphatic heterocycles. The highest BCUT2D eigenvalue weighted by molar-refractivity contribution is 5.64. The molecule has 1 aromatic carbocycles. The first-order valence-corrected chi connectivity index (χ1v) is 5.29. The van der Waals surface area contributed by atoms with Crippen LogP contribution in [-0.2, 0) is 6.54 Å². The van der Waals surface area contributed by atoms with E-state index in [0.29, 0.717) is 6.54 Å². The Hall–Kier alpha value is -2.14. The molecule has 0 saturated carbocycles. The molecular formula is C12H11FN4. The number of halogens is 1. The van der Waals surface area contributed by atoms with Crippen LogP contribution in [0, 0.1) is 5.82 Å². The zero-order valence-corrected chi connectivity index (χ0v) is 9.02. The summed E-state index contributed by atoms with van der Waals surface area (Å²) >= 11 is 0. The monoisotopic (exact) mass is 230 g/mol. The molecule has 0 unspecified atom stereocenters. The molecule has 2 heterocycles. The lowest BCUT2D eigenvalue weighted by Crippen LogP contribution is -1.95. The van der Waals surface area contributed by atoms with Gasteiger partial charge >= 0.3 is 0 Å². The number of nitrogens with two attached hydrogens (primary N) is 1. The molecule has 0 radical (unpaired) electrons. The molecule has 0 aliphatic carbocycles. The van der Waals surface area contributed by atoms with Gasteiger partial charge in [0.1, 0.15) is 5.82 Å². The van der Waals surface area contributed by atoms with Crippen LogP contribution >= 0.6 is 0 Å². The van der Waals surface area contributed by atoms with Gasteiger partial charge in [0.25, 0.3) is 0 Å². The van der Waals surface area contributed by atoms with E-state index in [1.165, 1.54) is 12.1 Å². The van der Waals surface area contributed by atoms with Crippen LogP contribution in [0.3, 0.4) is 0 Å². The molecule has 0 atom stereocenters. The van der Waals surface area contributed by atoms with Crippen LogP contribution in [0.4, 0.5) is 4.39 Å². The van der Waals surface area contributed by atoms with Gasteiger partial charge in [0.2, 0.25) is 0 Å². The first-order chi connectivity index (χ1) is 8.26. The van der Waals surface area contributed by atoms with E-state index in [2.05, 4.69) is 10.1 Å². The van der Waals surface area contributed by atoms with Gasteiger partial charge < -0.3 is 5.73 Å². The second kappa shape index (κ2) is 3.71. The van der Waals surface area contributed by atoms with Crippen LogP contribution in [0.5, 0.6) is 0 Å². The zero-order valence-electron chi connectivity index (χ0n) is 9.02. The van der Waals surface area contributed by atoms with Crippen molar-refractivity contribution in [3.05, 3.63) is 48.0 Å². The first-order valence-electron chi connectivity index (χ1n) is 5.29. The van der Waals surface area contributed by atoms with E-state index >= 15 is 0 Å². The maximum atomic E-state index is 12.8. The van der Waals surface area contributed by atoms with Crippen LogP contribution < -0.4 is 5.73 Å². The summed E-state index contributed by atoms with van der Waals surface area (Å²) in [4.78, 5) is 4.33. The highest BCUT2D eigenvalue weighted by Crippen LogP contribution is 2.19. The molecule has 0 amide bonds. The Kier molecular flexibility index (Phi) is 2.19. The van der Waals surface area contributed by atoms with E-state index in [1.807, 2.05) is 12.3 Å². The summed E-state index contributed by atoms with van der Waals surface area (Å²) in [6, 6.07) is 8.23. The van der Waals surface area contributed by atoms with E-state index in [0.717, 1.165) is 22.6 Å². The van der Waals surface area contributed by atoms with Crippen molar-refractivity contribution in [1.82, 2.24) is 14.6 Å². The number of benzene rings is 1. The molecule has 86 valence electrons. The molecule has 0 aliphatic rings. The van der Waals surface area contributed by atoms with Crippen LogP contribution in [0.15, 0.2) is 36.5 Å². The molecule has 0 bridgehead atoms. The summed E-state index contributed by atoms with van der Waals surface area (Å²) in [5.41, 5.74) is 8.97. The van der Waals surface area contributed by atoms with Gasteiger partial charge in [0.15, 0.2) is 5.65 Å². The lowest BCUT2D eigenvalue weighted by molar-refractivity contribution is 0.628. The van der Waals surface area contributed by atoms with Gasteiger partial charge in [-0.2, -0.15) is 0 Å².